The van der Waals surface area contributed by atoms with Gasteiger partial charge in [0.15, 0.2) is 0 Å². The highest BCUT2D eigenvalue weighted by molar-refractivity contribution is 5.09. The molecule has 1 aromatic rings. The van der Waals surface area contributed by atoms with Gasteiger partial charge in [-0.2, -0.15) is 0 Å². The number of aryl methyl sites for hydroxylation is 1. The van der Waals surface area contributed by atoms with Gasteiger partial charge in [-0.15, -0.1) is 0 Å². The summed E-state index contributed by atoms with van der Waals surface area (Å²) >= 11 is 0. The van der Waals surface area contributed by atoms with Gasteiger partial charge < -0.3 is 9.88 Å². The Morgan fingerprint density at radius 1 is 1.44 bits per heavy atom. The molecule has 90 valence electrons. The standard InChI is InChI=1S/C14H24N2/c1-3-6-14(7-4-8-14)12-15-10-13-5-9-16(2)11-13/h5,9,11,15H,3-4,6-8,10,12H2,1-2H3. The molecule has 1 aliphatic rings. The number of hydrogen-bond donors (Lipinski definition) is 1. The summed E-state index contributed by atoms with van der Waals surface area (Å²) in [6, 6.07) is 2.19. The maximum absolute atomic E-state index is 3.63. The second kappa shape index (κ2) is 5.05. The summed E-state index contributed by atoms with van der Waals surface area (Å²) in [6.45, 7) is 4.53. The minimum Gasteiger partial charge on any atom is -0.357 e. The molecular formula is C14H24N2. The zero-order valence-corrected chi connectivity index (χ0v) is 10.6. The van der Waals surface area contributed by atoms with Crippen LogP contribution in [0, 0.1) is 5.41 Å². The molecule has 0 aliphatic heterocycles. The van der Waals surface area contributed by atoms with E-state index in [1.165, 1.54) is 44.2 Å². The molecule has 2 nitrogen and oxygen atoms in total. The van der Waals surface area contributed by atoms with Crippen LogP contribution < -0.4 is 5.32 Å². The van der Waals surface area contributed by atoms with Crippen molar-refractivity contribution < 1.29 is 0 Å². The number of rotatable bonds is 6. The van der Waals surface area contributed by atoms with E-state index in [9.17, 15) is 0 Å². The highest BCUT2D eigenvalue weighted by Gasteiger charge is 2.35. The lowest BCUT2D eigenvalue weighted by atomic mass is 9.66. The van der Waals surface area contributed by atoms with Crippen LogP contribution in [0.3, 0.4) is 0 Å². The monoisotopic (exact) mass is 220 g/mol. The molecule has 0 spiro atoms. The third-order valence-corrected chi connectivity index (χ3v) is 3.92. The van der Waals surface area contributed by atoms with Gasteiger partial charge in [0.25, 0.3) is 0 Å². The van der Waals surface area contributed by atoms with Gasteiger partial charge in [-0.3, -0.25) is 0 Å². The summed E-state index contributed by atoms with van der Waals surface area (Å²) in [5.41, 5.74) is 2.04. The average Bonchev–Trinajstić information content (AvgIpc) is 2.60. The maximum atomic E-state index is 3.63. The molecule has 0 saturated heterocycles. The van der Waals surface area contributed by atoms with Crippen LogP contribution in [0.15, 0.2) is 18.5 Å². The predicted octanol–water partition coefficient (Wildman–Crippen LogP) is 3.09. The van der Waals surface area contributed by atoms with Gasteiger partial charge in [0.1, 0.15) is 0 Å². The van der Waals surface area contributed by atoms with Crippen LogP contribution in [0.2, 0.25) is 0 Å². The Hall–Kier alpha value is -0.760. The minimum absolute atomic E-state index is 0.642. The van der Waals surface area contributed by atoms with Crippen molar-refractivity contribution >= 4 is 0 Å². The van der Waals surface area contributed by atoms with Gasteiger partial charge >= 0.3 is 0 Å². The second-order valence-electron chi connectivity index (χ2n) is 5.39. The smallest absolute Gasteiger partial charge is 0.0220 e. The minimum atomic E-state index is 0.642. The van der Waals surface area contributed by atoms with Crippen molar-refractivity contribution in [3.63, 3.8) is 0 Å². The van der Waals surface area contributed by atoms with E-state index in [-0.39, 0.29) is 0 Å². The van der Waals surface area contributed by atoms with Crippen molar-refractivity contribution in [3.05, 3.63) is 24.0 Å². The van der Waals surface area contributed by atoms with Gasteiger partial charge in [-0.1, -0.05) is 19.8 Å². The van der Waals surface area contributed by atoms with Gasteiger partial charge in [-0.25, -0.2) is 0 Å². The van der Waals surface area contributed by atoms with Crippen molar-refractivity contribution in [2.45, 2.75) is 45.6 Å². The lowest BCUT2D eigenvalue weighted by Crippen LogP contribution is -2.39. The molecule has 0 amide bonds. The summed E-state index contributed by atoms with van der Waals surface area (Å²) in [5, 5.41) is 3.63. The van der Waals surface area contributed by atoms with Crippen LogP contribution in [-0.4, -0.2) is 11.1 Å². The quantitative estimate of drug-likeness (QED) is 0.779. The predicted molar refractivity (Wildman–Crippen MR) is 68.3 cm³/mol. The van der Waals surface area contributed by atoms with Gasteiger partial charge in [0.2, 0.25) is 0 Å². The van der Waals surface area contributed by atoms with E-state index in [1.807, 2.05) is 0 Å². The first kappa shape index (κ1) is 11.7. The van der Waals surface area contributed by atoms with E-state index in [1.54, 1.807) is 0 Å². The fraction of sp³-hybridized carbons (Fsp3) is 0.714. The molecule has 0 radical (unpaired) electrons. The average molecular weight is 220 g/mol. The Balaban J connectivity index is 1.74. The molecule has 1 N–H and O–H groups in total. The largest absolute Gasteiger partial charge is 0.357 e. The lowest BCUT2D eigenvalue weighted by Gasteiger charge is -2.42. The van der Waals surface area contributed by atoms with E-state index in [0.717, 1.165) is 6.54 Å². The van der Waals surface area contributed by atoms with Gasteiger partial charge in [0, 0.05) is 32.5 Å². The van der Waals surface area contributed by atoms with Crippen molar-refractivity contribution in [3.8, 4) is 0 Å². The molecule has 0 atom stereocenters. The van der Waals surface area contributed by atoms with Crippen molar-refractivity contribution in [1.29, 1.82) is 0 Å². The molecule has 2 heteroatoms. The van der Waals surface area contributed by atoms with E-state index >= 15 is 0 Å². The van der Waals surface area contributed by atoms with E-state index in [4.69, 9.17) is 0 Å². The Labute approximate surface area is 99.0 Å². The number of nitrogens with zero attached hydrogens (tertiary/aromatic N) is 1. The third kappa shape index (κ3) is 2.67. The Morgan fingerprint density at radius 2 is 2.25 bits per heavy atom. The van der Waals surface area contributed by atoms with E-state index < -0.39 is 0 Å². The highest BCUT2D eigenvalue weighted by atomic mass is 14.9. The Morgan fingerprint density at radius 3 is 2.75 bits per heavy atom. The summed E-state index contributed by atoms with van der Waals surface area (Å²) in [7, 11) is 2.08. The molecule has 0 aromatic carbocycles. The van der Waals surface area contributed by atoms with Gasteiger partial charge in [0.05, 0.1) is 0 Å². The number of aromatic nitrogens is 1. The first-order valence-electron chi connectivity index (χ1n) is 6.56. The van der Waals surface area contributed by atoms with Crippen LogP contribution in [0.1, 0.15) is 44.6 Å². The molecule has 0 bridgehead atoms. The van der Waals surface area contributed by atoms with Crippen LogP contribution in [0.25, 0.3) is 0 Å². The third-order valence-electron chi connectivity index (χ3n) is 3.92. The van der Waals surface area contributed by atoms with Gasteiger partial charge in [-0.05, 0) is 36.3 Å². The Bertz CT molecular complexity index is 323. The molecular weight excluding hydrogens is 196 g/mol. The molecule has 1 fully saturated rings. The lowest BCUT2D eigenvalue weighted by molar-refractivity contribution is 0.115. The first-order valence-corrected chi connectivity index (χ1v) is 6.56. The van der Waals surface area contributed by atoms with E-state index in [0.29, 0.717) is 5.41 Å². The zero-order chi connectivity index (χ0) is 11.4. The molecule has 16 heavy (non-hydrogen) atoms. The SMILES string of the molecule is CCCC1(CNCc2ccn(C)c2)CCC1. The maximum Gasteiger partial charge on any atom is 0.0220 e. The fourth-order valence-electron chi connectivity index (χ4n) is 2.86. The fourth-order valence-corrected chi connectivity index (χ4v) is 2.86. The normalized spacial score (nSPS) is 18.4. The summed E-state index contributed by atoms with van der Waals surface area (Å²) in [4.78, 5) is 0. The van der Waals surface area contributed by atoms with Crippen LogP contribution in [0.5, 0.6) is 0 Å². The molecule has 0 unspecified atom stereocenters. The van der Waals surface area contributed by atoms with Crippen molar-refractivity contribution in [2.75, 3.05) is 6.54 Å². The van der Waals surface area contributed by atoms with Crippen molar-refractivity contribution in [1.82, 2.24) is 9.88 Å². The summed E-state index contributed by atoms with van der Waals surface area (Å²) in [5.74, 6) is 0. The summed E-state index contributed by atoms with van der Waals surface area (Å²) < 4.78 is 2.11. The molecule has 2 rings (SSSR count). The zero-order valence-electron chi connectivity index (χ0n) is 10.6. The number of hydrogen-bond acceptors (Lipinski definition) is 1. The first-order chi connectivity index (χ1) is 7.74. The molecule has 1 saturated carbocycles. The highest BCUT2D eigenvalue weighted by Crippen LogP contribution is 2.44. The molecule has 1 heterocycles. The second-order valence-corrected chi connectivity index (χ2v) is 5.39. The van der Waals surface area contributed by atoms with Crippen LogP contribution in [-0.2, 0) is 13.6 Å². The molecule has 1 aromatic heterocycles. The van der Waals surface area contributed by atoms with Crippen molar-refractivity contribution in [2.24, 2.45) is 12.5 Å². The summed E-state index contributed by atoms with van der Waals surface area (Å²) in [6.07, 6.45) is 11.3. The molecule has 1 aliphatic carbocycles. The Kier molecular flexibility index (Phi) is 3.70. The van der Waals surface area contributed by atoms with E-state index in [2.05, 4.69) is 42.3 Å². The van der Waals surface area contributed by atoms with Crippen LogP contribution >= 0.6 is 0 Å². The number of nitrogens with one attached hydrogen (secondary N) is 1. The van der Waals surface area contributed by atoms with Crippen LogP contribution in [0.4, 0.5) is 0 Å². The topological polar surface area (TPSA) is 17.0 Å².